The van der Waals surface area contributed by atoms with Crippen molar-refractivity contribution in [3.8, 4) is 22.3 Å². The molecule has 0 aliphatic heterocycles. The summed E-state index contributed by atoms with van der Waals surface area (Å²) in [6.07, 6.45) is 0. The van der Waals surface area contributed by atoms with E-state index in [0.717, 1.165) is 66.9 Å². The van der Waals surface area contributed by atoms with Crippen molar-refractivity contribution in [3.05, 3.63) is 187 Å². The van der Waals surface area contributed by atoms with Crippen LogP contribution in [0.2, 0.25) is 0 Å². The lowest BCUT2D eigenvalue weighted by Crippen LogP contribution is -2.04. The van der Waals surface area contributed by atoms with Gasteiger partial charge in [0.2, 0.25) is 0 Å². The summed E-state index contributed by atoms with van der Waals surface area (Å²) in [5.41, 5.74) is 13.0. The fourth-order valence-corrected chi connectivity index (χ4v) is 6.41. The van der Waals surface area contributed by atoms with Crippen LogP contribution in [0.5, 0.6) is 0 Å². The Balaban J connectivity index is 1.34. The number of benzene rings is 6. The van der Waals surface area contributed by atoms with Gasteiger partial charge in [0.05, 0.1) is 22.2 Å². The second-order valence-corrected chi connectivity index (χ2v) is 11.8. The molecule has 2 heterocycles. The maximum absolute atomic E-state index is 5.24. The van der Waals surface area contributed by atoms with Gasteiger partial charge in [-0.25, -0.2) is 15.0 Å². The van der Waals surface area contributed by atoms with Crippen molar-refractivity contribution in [2.45, 2.75) is 6.92 Å². The lowest BCUT2D eigenvalue weighted by Gasteiger charge is -2.17. The molecule has 0 saturated carbocycles. The van der Waals surface area contributed by atoms with Crippen LogP contribution < -0.4 is 0 Å². The van der Waals surface area contributed by atoms with Gasteiger partial charge in [0.25, 0.3) is 0 Å². The predicted molar refractivity (Wildman–Crippen MR) is 202 cm³/mol. The number of imidazole rings is 1. The van der Waals surface area contributed by atoms with Crippen LogP contribution in [0.1, 0.15) is 23.6 Å². The van der Waals surface area contributed by atoms with Gasteiger partial charge in [0, 0.05) is 27.8 Å². The zero-order valence-corrected chi connectivity index (χ0v) is 26.6. The summed E-state index contributed by atoms with van der Waals surface area (Å²) in [6.45, 7) is 6.32. The predicted octanol–water partition coefficient (Wildman–Crippen LogP) is 10.9. The molecule has 0 aliphatic rings. The van der Waals surface area contributed by atoms with E-state index in [0.29, 0.717) is 11.5 Å². The molecule has 8 aromatic rings. The number of aliphatic imine (C=N–C) groups is 2. The molecule has 2 aromatic heterocycles. The molecule has 0 N–H and O–H groups in total. The van der Waals surface area contributed by atoms with E-state index >= 15 is 0 Å². The zero-order chi connectivity index (χ0) is 32.5. The summed E-state index contributed by atoms with van der Waals surface area (Å²) in [6, 6.07) is 56.3. The zero-order valence-electron chi connectivity index (χ0n) is 26.6. The van der Waals surface area contributed by atoms with Crippen molar-refractivity contribution in [3.63, 3.8) is 0 Å². The van der Waals surface area contributed by atoms with Crippen molar-refractivity contribution in [2.24, 2.45) is 9.98 Å². The van der Waals surface area contributed by atoms with Gasteiger partial charge in [-0.3, -0.25) is 4.40 Å². The Hall–Kier alpha value is -6.39. The van der Waals surface area contributed by atoms with Gasteiger partial charge in [-0.1, -0.05) is 152 Å². The SMILES string of the molecule is C=C(/N=C(\N=C(/C)c1ccccc1)c1ccc(-c2c(-c3ccccc3)c3ccccc3n3c2nc2ccccc23)cc1)c1ccccc1. The van der Waals surface area contributed by atoms with E-state index in [4.69, 9.17) is 15.0 Å². The molecule has 4 nitrogen and oxygen atoms in total. The summed E-state index contributed by atoms with van der Waals surface area (Å²) >= 11 is 0. The van der Waals surface area contributed by atoms with Crippen molar-refractivity contribution < 1.29 is 0 Å². The highest BCUT2D eigenvalue weighted by molar-refractivity contribution is 6.13. The number of fused-ring (bicyclic) bond motifs is 5. The van der Waals surface area contributed by atoms with E-state index in [1.54, 1.807) is 0 Å². The number of para-hydroxylation sites is 3. The maximum Gasteiger partial charge on any atom is 0.160 e. The van der Waals surface area contributed by atoms with Gasteiger partial charge in [0.15, 0.2) is 5.84 Å². The summed E-state index contributed by atoms with van der Waals surface area (Å²) in [7, 11) is 0. The molecule has 4 heteroatoms. The van der Waals surface area contributed by atoms with Gasteiger partial charge in [-0.05, 0) is 47.4 Å². The first kappa shape index (κ1) is 29.0. The number of hydrogen-bond donors (Lipinski definition) is 0. The van der Waals surface area contributed by atoms with Crippen LogP contribution in [0.3, 0.4) is 0 Å². The third kappa shape index (κ3) is 5.29. The van der Waals surface area contributed by atoms with Crippen LogP contribution in [-0.4, -0.2) is 20.9 Å². The Morgan fingerprint density at radius 3 is 1.79 bits per heavy atom. The maximum atomic E-state index is 5.24. The molecule has 228 valence electrons. The standard InChI is InChI=1S/C44H32N4/c1-30(32-16-6-3-7-17-32)45-43(46-31(2)33-18-8-4-9-19-33)36-28-26-35(27-29-36)42-41(34-20-10-5-11-21-34)37-22-12-14-24-39(37)48-40-25-15-13-23-38(40)47-44(42)48/h3-29H,1H2,2H3/b45-43-,46-31+. The van der Waals surface area contributed by atoms with Crippen molar-refractivity contribution in [2.75, 3.05) is 0 Å². The Morgan fingerprint density at radius 1 is 0.521 bits per heavy atom. The molecule has 0 spiro atoms. The lowest BCUT2D eigenvalue weighted by atomic mass is 9.91. The van der Waals surface area contributed by atoms with E-state index < -0.39 is 0 Å². The number of nitrogens with zero attached hydrogens (tertiary/aromatic N) is 4. The molecular formula is C44H32N4. The summed E-state index contributed by atoms with van der Waals surface area (Å²) < 4.78 is 2.30. The van der Waals surface area contributed by atoms with Gasteiger partial charge in [0.1, 0.15) is 5.65 Å². The minimum absolute atomic E-state index is 0.607. The van der Waals surface area contributed by atoms with Crippen molar-refractivity contribution >= 4 is 44.8 Å². The summed E-state index contributed by atoms with van der Waals surface area (Å²) in [5, 5.41) is 1.17. The second kappa shape index (κ2) is 12.4. The number of pyridine rings is 1. The first-order valence-corrected chi connectivity index (χ1v) is 16.1. The second-order valence-electron chi connectivity index (χ2n) is 11.8. The first-order chi connectivity index (χ1) is 23.7. The molecule has 0 amide bonds. The van der Waals surface area contributed by atoms with Gasteiger partial charge >= 0.3 is 0 Å². The monoisotopic (exact) mass is 616 g/mol. The van der Waals surface area contributed by atoms with Gasteiger partial charge < -0.3 is 0 Å². The smallest absolute Gasteiger partial charge is 0.160 e. The molecule has 0 aliphatic carbocycles. The third-order valence-electron chi connectivity index (χ3n) is 8.76. The number of aromatic nitrogens is 2. The van der Waals surface area contributed by atoms with E-state index in [1.165, 1.54) is 5.39 Å². The minimum Gasteiger partial charge on any atom is -0.292 e. The molecule has 0 unspecified atom stereocenters. The average molecular weight is 617 g/mol. The van der Waals surface area contributed by atoms with Crippen LogP contribution in [0, 0.1) is 0 Å². The minimum atomic E-state index is 0.607. The van der Waals surface area contributed by atoms with Crippen LogP contribution in [0.25, 0.3) is 55.5 Å². The Kier molecular flexibility index (Phi) is 7.52. The van der Waals surface area contributed by atoms with E-state index in [-0.39, 0.29) is 0 Å². The normalized spacial score (nSPS) is 12.2. The topological polar surface area (TPSA) is 42.0 Å². The van der Waals surface area contributed by atoms with Crippen molar-refractivity contribution in [1.82, 2.24) is 9.38 Å². The van der Waals surface area contributed by atoms with Crippen LogP contribution in [-0.2, 0) is 0 Å². The van der Waals surface area contributed by atoms with Crippen LogP contribution in [0.15, 0.2) is 180 Å². The average Bonchev–Trinajstić information content (AvgIpc) is 3.55. The molecule has 8 rings (SSSR count). The molecule has 0 bridgehead atoms. The highest BCUT2D eigenvalue weighted by atomic mass is 15.0. The Labute approximate surface area is 279 Å². The fourth-order valence-electron chi connectivity index (χ4n) is 6.41. The molecule has 0 atom stereocenters. The number of hydrogen-bond acceptors (Lipinski definition) is 2. The Morgan fingerprint density at radius 2 is 1.08 bits per heavy atom. The highest BCUT2D eigenvalue weighted by Crippen LogP contribution is 2.42. The van der Waals surface area contributed by atoms with E-state index in [1.807, 2.05) is 61.5 Å². The van der Waals surface area contributed by atoms with E-state index in [2.05, 4.69) is 120 Å². The summed E-state index contributed by atoms with van der Waals surface area (Å²) in [4.78, 5) is 15.3. The highest BCUT2D eigenvalue weighted by Gasteiger charge is 2.21. The lowest BCUT2D eigenvalue weighted by molar-refractivity contribution is 1.30. The molecule has 0 saturated heterocycles. The summed E-state index contributed by atoms with van der Waals surface area (Å²) in [5.74, 6) is 0.607. The van der Waals surface area contributed by atoms with E-state index in [9.17, 15) is 0 Å². The molecule has 48 heavy (non-hydrogen) atoms. The molecule has 0 radical (unpaired) electrons. The third-order valence-corrected chi connectivity index (χ3v) is 8.76. The Bertz CT molecular complexity index is 2490. The number of rotatable bonds is 6. The number of amidine groups is 1. The van der Waals surface area contributed by atoms with Gasteiger partial charge in [-0.2, -0.15) is 0 Å². The largest absolute Gasteiger partial charge is 0.292 e. The molecule has 6 aromatic carbocycles. The fraction of sp³-hybridized carbons (Fsp3) is 0.0227. The van der Waals surface area contributed by atoms with Crippen LogP contribution >= 0.6 is 0 Å². The van der Waals surface area contributed by atoms with Gasteiger partial charge in [-0.15, -0.1) is 0 Å². The molecular weight excluding hydrogens is 585 g/mol. The molecule has 0 fully saturated rings. The quantitative estimate of drug-likeness (QED) is 0.135. The van der Waals surface area contributed by atoms with Crippen LogP contribution in [0.4, 0.5) is 0 Å². The first-order valence-electron chi connectivity index (χ1n) is 16.1. The van der Waals surface area contributed by atoms with Crippen molar-refractivity contribution in [1.29, 1.82) is 0 Å².